The summed E-state index contributed by atoms with van der Waals surface area (Å²) in [4.78, 5) is 12.1. The van der Waals surface area contributed by atoms with Crippen molar-refractivity contribution in [1.82, 2.24) is 20.9 Å². The van der Waals surface area contributed by atoms with Gasteiger partial charge in [0, 0.05) is 19.0 Å². The van der Waals surface area contributed by atoms with Crippen LogP contribution in [-0.4, -0.2) is 32.0 Å². The lowest BCUT2D eigenvalue weighted by atomic mass is 9.78. The second-order valence-corrected chi connectivity index (χ2v) is 9.66. The first kappa shape index (κ1) is 22.6. The Hall–Kier alpha value is -1.71. The molecular weight excluding hydrogens is 396 g/mol. The van der Waals surface area contributed by atoms with E-state index in [1.165, 1.54) is 25.0 Å². The molecule has 7 nitrogen and oxygen atoms in total. The number of hydrogen-bond donors (Lipinski definition) is 4. The van der Waals surface area contributed by atoms with Crippen LogP contribution in [-0.2, 0) is 14.8 Å². The molecule has 0 bridgehead atoms. The van der Waals surface area contributed by atoms with Crippen LogP contribution >= 0.6 is 12.2 Å². The molecule has 0 aromatic heterocycles. The highest BCUT2D eigenvalue weighted by molar-refractivity contribution is 7.89. The Morgan fingerprint density at radius 2 is 1.82 bits per heavy atom. The van der Waals surface area contributed by atoms with E-state index in [0.29, 0.717) is 23.0 Å². The van der Waals surface area contributed by atoms with E-state index in [9.17, 15) is 13.2 Å². The lowest BCUT2D eigenvalue weighted by molar-refractivity contribution is -0.121. The molecule has 0 unspecified atom stereocenters. The van der Waals surface area contributed by atoms with Gasteiger partial charge in [0.1, 0.15) is 0 Å². The highest BCUT2D eigenvalue weighted by atomic mass is 32.2. The molecule has 156 valence electrons. The summed E-state index contributed by atoms with van der Waals surface area (Å²) in [6.45, 7) is 6.34. The zero-order valence-electron chi connectivity index (χ0n) is 16.6. The van der Waals surface area contributed by atoms with E-state index in [1.54, 1.807) is 12.1 Å². The first-order valence-corrected chi connectivity index (χ1v) is 11.5. The van der Waals surface area contributed by atoms with Gasteiger partial charge in [0.15, 0.2) is 5.11 Å². The fourth-order valence-corrected chi connectivity index (χ4v) is 4.51. The Balaban J connectivity index is 1.69. The molecular formula is C19H30N4O3S2. The van der Waals surface area contributed by atoms with Crippen molar-refractivity contribution in [2.75, 3.05) is 6.54 Å². The Morgan fingerprint density at radius 1 is 1.14 bits per heavy atom. The molecule has 1 aromatic carbocycles. The van der Waals surface area contributed by atoms with Crippen LogP contribution in [0.15, 0.2) is 29.2 Å². The fraction of sp³-hybridized carbons (Fsp3) is 0.579. The number of sulfonamides is 1. The maximum Gasteiger partial charge on any atom is 0.240 e. The van der Waals surface area contributed by atoms with E-state index in [4.69, 9.17) is 12.2 Å². The van der Waals surface area contributed by atoms with Crippen LogP contribution in [0.5, 0.6) is 0 Å². The number of rotatable bonds is 6. The van der Waals surface area contributed by atoms with Gasteiger partial charge in [0.25, 0.3) is 0 Å². The van der Waals surface area contributed by atoms with Crippen molar-refractivity contribution in [3.05, 3.63) is 29.8 Å². The molecule has 1 fully saturated rings. The van der Waals surface area contributed by atoms with Crippen molar-refractivity contribution < 1.29 is 13.2 Å². The van der Waals surface area contributed by atoms with E-state index in [-0.39, 0.29) is 23.8 Å². The van der Waals surface area contributed by atoms with Crippen LogP contribution in [0.2, 0.25) is 0 Å². The minimum Gasteiger partial charge on any atom is -0.358 e. The molecule has 1 aliphatic rings. The number of nitrogens with one attached hydrogen (secondary N) is 4. The first-order valence-electron chi connectivity index (χ1n) is 9.60. The highest BCUT2D eigenvalue weighted by Gasteiger charge is 2.27. The number of benzene rings is 1. The number of amides is 1. The number of hydrazine groups is 1. The van der Waals surface area contributed by atoms with E-state index in [2.05, 4.69) is 34.7 Å². The third-order valence-corrected chi connectivity index (χ3v) is 7.01. The van der Waals surface area contributed by atoms with Crippen LogP contribution < -0.4 is 20.9 Å². The molecule has 0 aliphatic heterocycles. The van der Waals surface area contributed by atoms with Gasteiger partial charge in [-0.3, -0.25) is 15.6 Å². The van der Waals surface area contributed by atoms with E-state index >= 15 is 0 Å². The van der Waals surface area contributed by atoms with Gasteiger partial charge in [0.05, 0.1) is 4.90 Å². The molecule has 9 heteroatoms. The number of carbonyl (C=O) groups is 1. The third kappa shape index (κ3) is 6.72. The zero-order valence-corrected chi connectivity index (χ0v) is 18.3. The molecule has 0 radical (unpaired) electrons. The summed E-state index contributed by atoms with van der Waals surface area (Å²) in [5.41, 5.74) is 6.18. The molecule has 1 saturated carbocycles. The van der Waals surface area contributed by atoms with Crippen LogP contribution in [0.3, 0.4) is 0 Å². The Labute approximate surface area is 173 Å². The van der Waals surface area contributed by atoms with Crippen molar-refractivity contribution >= 4 is 33.3 Å². The van der Waals surface area contributed by atoms with E-state index < -0.39 is 10.0 Å². The smallest absolute Gasteiger partial charge is 0.240 e. The topological polar surface area (TPSA) is 99.3 Å². The molecule has 1 amide bonds. The van der Waals surface area contributed by atoms with Crippen molar-refractivity contribution in [1.29, 1.82) is 0 Å². The number of thiocarbonyl (C=S) groups is 1. The summed E-state index contributed by atoms with van der Waals surface area (Å²) < 4.78 is 26.8. The SMILES string of the molecule is Cc1ccc(S(=O)(=O)NCCC(=O)NNC(=S)N[C@H]2CCC[C@@H](C)[C@@H]2C)cc1. The fourth-order valence-electron chi connectivity index (χ4n) is 3.28. The predicted octanol–water partition coefficient (Wildman–Crippen LogP) is 1.98. The number of hydrogen-bond acceptors (Lipinski definition) is 4. The second-order valence-electron chi connectivity index (χ2n) is 7.48. The Kier molecular flexibility index (Phi) is 8.21. The monoisotopic (exact) mass is 426 g/mol. The summed E-state index contributed by atoms with van der Waals surface area (Å²) in [5, 5.41) is 3.63. The highest BCUT2D eigenvalue weighted by Crippen LogP contribution is 2.29. The van der Waals surface area contributed by atoms with E-state index in [1.807, 2.05) is 6.92 Å². The maximum atomic E-state index is 12.2. The van der Waals surface area contributed by atoms with E-state index in [0.717, 1.165) is 12.0 Å². The molecule has 1 aromatic rings. The number of carbonyl (C=O) groups excluding carboxylic acids is 1. The quantitative estimate of drug-likeness (QED) is 0.410. The largest absolute Gasteiger partial charge is 0.358 e. The van der Waals surface area contributed by atoms with Gasteiger partial charge in [-0.2, -0.15) is 0 Å². The van der Waals surface area contributed by atoms with Crippen molar-refractivity contribution in [3.8, 4) is 0 Å². The molecule has 0 saturated heterocycles. The molecule has 28 heavy (non-hydrogen) atoms. The average Bonchev–Trinajstić information content (AvgIpc) is 2.64. The van der Waals surface area contributed by atoms with Crippen molar-refractivity contribution in [2.45, 2.75) is 57.4 Å². The molecule has 4 N–H and O–H groups in total. The van der Waals surface area contributed by atoms with Gasteiger partial charge in [-0.15, -0.1) is 0 Å². The van der Waals surface area contributed by atoms with Gasteiger partial charge in [-0.1, -0.05) is 44.4 Å². The van der Waals surface area contributed by atoms with Crippen LogP contribution in [0, 0.1) is 18.8 Å². The molecule has 0 heterocycles. The molecule has 1 aliphatic carbocycles. The normalized spacial score (nSPS) is 22.3. The Morgan fingerprint density at radius 3 is 2.50 bits per heavy atom. The van der Waals surface area contributed by atoms with Crippen LogP contribution in [0.4, 0.5) is 0 Å². The summed E-state index contributed by atoms with van der Waals surface area (Å²) in [6, 6.07) is 6.83. The standard InChI is InChI=1S/C19H30N4O3S2/c1-13-7-9-16(10-8-13)28(25,26)20-12-11-18(24)22-23-19(27)21-17-6-4-5-14(2)15(17)3/h7-10,14-15,17,20H,4-6,11-12H2,1-3H3,(H,22,24)(H2,21,23,27)/t14-,15+,17+/m1/s1. The summed E-state index contributed by atoms with van der Waals surface area (Å²) >= 11 is 5.24. The van der Waals surface area contributed by atoms with Gasteiger partial charge in [-0.25, -0.2) is 13.1 Å². The minimum atomic E-state index is -3.62. The maximum absolute atomic E-state index is 12.2. The van der Waals surface area contributed by atoms with Gasteiger partial charge in [-0.05, 0) is 49.5 Å². The van der Waals surface area contributed by atoms with Crippen molar-refractivity contribution in [3.63, 3.8) is 0 Å². The lowest BCUT2D eigenvalue weighted by Crippen LogP contribution is -2.52. The molecule has 0 spiro atoms. The second kappa shape index (κ2) is 10.2. The van der Waals surface area contributed by atoms with Gasteiger partial charge in [0.2, 0.25) is 15.9 Å². The van der Waals surface area contributed by atoms with Crippen LogP contribution in [0.25, 0.3) is 0 Å². The molecule has 3 atom stereocenters. The van der Waals surface area contributed by atoms with Gasteiger partial charge < -0.3 is 5.32 Å². The average molecular weight is 427 g/mol. The summed E-state index contributed by atoms with van der Waals surface area (Å²) in [7, 11) is -3.62. The number of aryl methyl sites for hydroxylation is 1. The minimum absolute atomic E-state index is 0.00108. The Bertz CT molecular complexity index is 781. The predicted molar refractivity (Wildman–Crippen MR) is 114 cm³/mol. The van der Waals surface area contributed by atoms with Crippen molar-refractivity contribution in [2.24, 2.45) is 11.8 Å². The zero-order chi connectivity index (χ0) is 20.7. The molecule has 2 rings (SSSR count). The first-order chi connectivity index (χ1) is 13.2. The lowest BCUT2D eigenvalue weighted by Gasteiger charge is -2.35. The third-order valence-electron chi connectivity index (χ3n) is 5.31. The summed E-state index contributed by atoms with van der Waals surface area (Å²) in [6.07, 6.45) is 3.45. The summed E-state index contributed by atoms with van der Waals surface area (Å²) in [5.74, 6) is 0.811. The van der Waals surface area contributed by atoms with Crippen LogP contribution in [0.1, 0.15) is 45.1 Å². The van der Waals surface area contributed by atoms with Gasteiger partial charge >= 0.3 is 0 Å².